The zero-order valence-corrected chi connectivity index (χ0v) is 18.5. The highest BCUT2D eigenvalue weighted by Gasteiger charge is 2.24. The van der Waals surface area contributed by atoms with Crippen LogP contribution < -0.4 is 4.74 Å². The fraction of sp³-hybridized carbons (Fsp3) is 0.250. The van der Waals surface area contributed by atoms with Gasteiger partial charge in [-0.3, -0.25) is 9.78 Å². The van der Waals surface area contributed by atoms with Crippen molar-refractivity contribution >= 4 is 5.78 Å². The highest BCUT2D eigenvalue weighted by Crippen LogP contribution is 2.35. The number of carbonyl (C=O) groups excluding carboxylic acids is 1. The molecule has 5 nitrogen and oxygen atoms in total. The fourth-order valence-electron chi connectivity index (χ4n) is 4.60. The molecule has 0 saturated heterocycles. The van der Waals surface area contributed by atoms with Gasteiger partial charge in [-0.25, -0.2) is 4.98 Å². The van der Waals surface area contributed by atoms with Crippen molar-refractivity contribution in [2.45, 2.75) is 44.6 Å². The first-order chi connectivity index (χ1) is 16.3. The van der Waals surface area contributed by atoms with E-state index in [4.69, 9.17) is 4.74 Å². The van der Waals surface area contributed by atoms with Gasteiger partial charge in [-0.15, -0.1) is 0 Å². The van der Waals surface area contributed by atoms with E-state index in [1.807, 2.05) is 60.9 Å². The van der Waals surface area contributed by atoms with Gasteiger partial charge in [0.1, 0.15) is 17.7 Å². The third kappa shape index (κ3) is 4.87. The van der Waals surface area contributed by atoms with E-state index in [2.05, 4.69) is 27.1 Å². The fourth-order valence-corrected chi connectivity index (χ4v) is 4.60. The molecular formula is C28H27N3O2. The Morgan fingerprint density at radius 3 is 2.58 bits per heavy atom. The number of pyridine rings is 1. The molecular weight excluding hydrogens is 410 g/mol. The average molecular weight is 438 g/mol. The molecule has 0 fully saturated rings. The first-order valence-electron chi connectivity index (χ1n) is 11.6. The van der Waals surface area contributed by atoms with Crippen LogP contribution >= 0.6 is 0 Å². The van der Waals surface area contributed by atoms with Gasteiger partial charge in [0.2, 0.25) is 0 Å². The van der Waals surface area contributed by atoms with E-state index in [1.165, 1.54) is 0 Å². The summed E-state index contributed by atoms with van der Waals surface area (Å²) in [4.78, 5) is 24.7. The maximum Gasteiger partial charge on any atom is 0.163 e. The lowest BCUT2D eigenvalue weighted by Gasteiger charge is -2.25. The van der Waals surface area contributed by atoms with Gasteiger partial charge in [-0.05, 0) is 66.6 Å². The minimum atomic E-state index is -0.191. The summed E-state index contributed by atoms with van der Waals surface area (Å²) < 4.78 is 6.70. The minimum absolute atomic E-state index is 0.191. The quantitative estimate of drug-likeness (QED) is 0.397. The first kappa shape index (κ1) is 21.1. The highest BCUT2D eigenvalue weighted by atomic mass is 16.5. The van der Waals surface area contributed by atoms with Crippen LogP contribution in [-0.2, 0) is 25.7 Å². The number of hydrogen-bond acceptors (Lipinski definition) is 4. The second-order valence-corrected chi connectivity index (χ2v) is 8.42. The van der Waals surface area contributed by atoms with Gasteiger partial charge in [0.15, 0.2) is 5.78 Å². The lowest BCUT2D eigenvalue weighted by Crippen LogP contribution is -2.17. The average Bonchev–Trinajstić information content (AvgIpc) is 3.37. The van der Waals surface area contributed by atoms with Crippen LogP contribution in [0, 0.1) is 0 Å². The number of fused-ring (bicyclic) bond motifs is 1. The van der Waals surface area contributed by atoms with E-state index in [0.29, 0.717) is 12.8 Å². The number of Topliss-reactive ketones (excluding diaryl/α,β-unsaturated/α-hetero) is 1. The number of nitrogens with one attached hydrogen (secondary N) is 1. The Bertz CT molecular complexity index is 1200. The normalized spacial score (nSPS) is 14.0. The predicted molar refractivity (Wildman–Crippen MR) is 127 cm³/mol. The molecule has 0 spiro atoms. The molecule has 166 valence electrons. The third-order valence-corrected chi connectivity index (χ3v) is 6.25. The van der Waals surface area contributed by atoms with E-state index in [9.17, 15) is 4.79 Å². The number of aromatic amines is 1. The van der Waals surface area contributed by atoms with Crippen molar-refractivity contribution in [1.29, 1.82) is 0 Å². The number of hydrogen-bond donors (Lipinski definition) is 1. The topological polar surface area (TPSA) is 67.9 Å². The number of imidazole rings is 1. The molecule has 2 aromatic heterocycles. The monoisotopic (exact) mass is 437 g/mol. The van der Waals surface area contributed by atoms with Gasteiger partial charge in [0.25, 0.3) is 0 Å². The minimum Gasteiger partial charge on any atom is -0.485 e. The summed E-state index contributed by atoms with van der Waals surface area (Å²) in [5, 5.41) is 0. The number of ketones is 1. The van der Waals surface area contributed by atoms with Crippen molar-refractivity contribution < 1.29 is 9.53 Å². The number of benzene rings is 2. The van der Waals surface area contributed by atoms with Crippen molar-refractivity contribution in [3.63, 3.8) is 0 Å². The summed E-state index contributed by atoms with van der Waals surface area (Å²) in [6.45, 7) is 0. The zero-order valence-electron chi connectivity index (χ0n) is 18.5. The van der Waals surface area contributed by atoms with Crippen LogP contribution in [-0.4, -0.2) is 20.7 Å². The molecule has 1 aliphatic carbocycles. The molecule has 5 heteroatoms. The Morgan fingerprint density at radius 2 is 1.79 bits per heavy atom. The first-order valence-corrected chi connectivity index (χ1v) is 11.6. The van der Waals surface area contributed by atoms with Crippen LogP contribution in [0.2, 0.25) is 0 Å². The molecule has 1 atom stereocenters. The summed E-state index contributed by atoms with van der Waals surface area (Å²) in [7, 11) is 0. The second kappa shape index (κ2) is 9.82. The van der Waals surface area contributed by atoms with E-state index in [1.54, 1.807) is 6.20 Å². The summed E-state index contributed by atoms with van der Waals surface area (Å²) in [5.74, 6) is 1.96. The molecule has 0 radical (unpaired) electrons. The van der Waals surface area contributed by atoms with E-state index in [0.717, 1.165) is 65.2 Å². The Morgan fingerprint density at radius 1 is 0.909 bits per heavy atom. The third-order valence-electron chi connectivity index (χ3n) is 6.25. The van der Waals surface area contributed by atoms with Gasteiger partial charge in [-0.2, -0.15) is 0 Å². The molecule has 2 aromatic carbocycles. The maximum atomic E-state index is 12.6. The van der Waals surface area contributed by atoms with E-state index >= 15 is 0 Å². The zero-order chi connectivity index (χ0) is 22.5. The van der Waals surface area contributed by atoms with Crippen LogP contribution in [0.1, 0.15) is 57.5 Å². The highest BCUT2D eigenvalue weighted by molar-refractivity contribution is 5.99. The van der Waals surface area contributed by atoms with Crippen LogP contribution in [0.25, 0.3) is 0 Å². The summed E-state index contributed by atoms with van der Waals surface area (Å²) in [6.07, 6.45) is 9.87. The number of ether oxygens (including phenoxy) is 1. The van der Waals surface area contributed by atoms with E-state index < -0.39 is 0 Å². The number of nitrogens with zero attached hydrogens (tertiary/aromatic N) is 2. The number of rotatable bonds is 8. The smallest absolute Gasteiger partial charge is 0.163 e. The molecule has 1 N–H and O–H groups in total. The molecule has 33 heavy (non-hydrogen) atoms. The number of aryl methyl sites for hydroxylation is 1. The van der Waals surface area contributed by atoms with Crippen LogP contribution in [0.4, 0.5) is 0 Å². The molecule has 5 rings (SSSR count). The van der Waals surface area contributed by atoms with Gasteiger partial charge in [0, 0.05) is 42.7 Å². The summed E-state index contributed by atoms with van der Waals surface area (Å²) >= 11 is 0. The molecule has 1 aliphatic rings. The number of H-pyrrole nitrogens is 1. The molecule has 0 saturated carbocycles. The van der Waals surface area contributed by atoms with Crippen molar-refractivity contribution in [3.8, 4) is 5.75 Å². The second-order valence-electron chi connectivity index (χ2n) is 8.42. The van der Waals surface area contributed by atoms with E-state index in [-0.39, 0.29) is 11.9 Å². The van der Waals surface area contributed by atoms with Crippen LogP contribution in [0.5, 0.6) is 5.75 Å². The van der Waals surface area contributed by atoms with Gasteiger partial charge in [-0.1, -0.05) is 36.4 Å². The van der Waals surface area contributed by atoms with Crippen molar-refractivity contribution in [1.82, 2.24) is 15.0 Å². The molecule has 0 aliphatic heterocycles. The van der Waals surface area contributed by atoms with Crippen molar-refractivity contribution in [3.05, 3.63) is 113 Å². The largest absolute Gasteiger partial charge is 0.485 e. The maximum absolute atomic E-state index is 12.6. The van der Waals surface area contributed by atoms with Gasteiger partial charge < -0.3 is 9.72 Å². The predicted octanol–water partition coefficient (Wildman–Crippen LogP) is 5.47. The van der Waals surface area contributed by atoms with Crippen molar-refractivity contribution in [2.24, 2.45) is 0 Å². The van der Waals surface area contributed by atoms with Crippen molar-refractivity contribution in [2.75, 3.05) is 0 Å². The molecule has 0 unspecified atom stereocenters. The molecule has 2 heterocycles. The Kier molecular flexibility index (Phi) is 6.29. The Hall–Kier alpha value is -3.73. The Balaban J connectivity index is 1.50. The summed E-state index contributed by atoms with van der Waals surface area (Å²) in [6, 6.07) is 20.2. The Labute approximate surface area is 193 Å². The molecule has 0 bridgehead atoms. The standard InChI is InChI=1S/C28H27N3O2/c32-25-11-6-10-22-23(25)14-15-26(24(22)13-12-21-9-4-5-16-29-21)33-27(19-28-30-17-18-31-28)20-7-2-1-3-8-20/h1-5,7-9,14-18,27H,6,10-13,19H2,(H,30,31)/t27-/m0/s1. The van der Waals surface area contributed by atoms with Crippen LogP contribution in [0.15, 0.2) is 79.3 Å². The number of carbonyl (C=O) groups is 1. The van der Waals surface area contributed by atoms with Gasteiger partial charge >= 0.3 is 0 Å². The molecule has 4 aromatic rings. The summed E-state index contributed by atoms with van der Waals surface area (Å²) in [5.41, 5.74) is 5.26. The lowest BCUT2D eigenvalue weighted by molar-refractivity contribution is 0.0972. The SMILES string of the molecule is O=C1CCCc2c1ccc(O[C@@H](Cc1ncc[nH]1)c1ccccc1)c2CCc1ccccn1. The molecule has 0 amide bonds. The van der Waals surface area contributed by atoms with Crippen LogP contribution in [0.3, 0.4) is 0 Å². The number of aromatic nitrogens is 3. The van der Waals surface area contributed by atoms with Gasteiger partial charge in [0.05, 0.1) is 0 Å². The lowest BCUT2D eigenvalue weighted by atomic mass is 9.85.